The summed E-state index contributed by atoms with van der Waals surface area (Å²) in [7, 11) is 1.98. The Morgan fingerprint density at radius 1 is 1.13 bits per heavy atom. The first kappa shape index (κ1) is 10.9. The molecule has 0 radical (unpaired) electrons. The Balaban J connectivity index is 1.87. The molecule has 1 N–H and O–H groups in total. The highest BCUT2D eigenvalue weighted by atomic mass is 16.2. The minimum atomic E-state index is 0.101. The quantitative estimate of drug-likeness (QED) is 0.749. The van der Waals surface area contributed by atoms with Crippen molar-refractivity contribution in [3.8, 4) is 0 Å². The third-order valence-electron chi connectivity index (χ3n) is 3.83. The second-order valence-electron chi connectivity index (χ2n) is 4.89. The monoisotopic (exact) mass is 210 g/mol. The molecule has 1 saturated carbocycles. The van der Waals surface area contributed by atoms with Crippen molar-refractivity contribution < 1.29 is 4.79 Å². The highest BCUT2D eigenvalue weighted by Crippen LogP contribution is 2.23. The summed E-state index contributed by atoms with van der Waals surface area (Å²) >= 11 is 0. The van der Waals surface area contributed by atoms with E-state index in [4.69, 9.17) is 0 Å². The summed E-state index contributed by atoms with van der Waals surface area (Å²) in [6.07, 6.45) is 8.43. The SMILES string of the molecule is CN(C(=O)C1CCCCN1)C1CCCC1. The van der Waals surface area contributed by atoms with E-state index in [1.54, 1.807) is 0 Å². The van der Waals surface area contributed by atoms with Crippen molar-refractivity contribution in [1.82, 2.24) is 10.2 Å². The lowest BCUT2D eigenvalue weighted by Gasteiger charge is -2.31. The fourth-order valence-corrected chi connectivity index (χ4v) is 2.78. The first-order valence-corrected chi connectivity index (χ1v) is 6.29. The van der Waals surface area contributed by atoms with Gasteiger partial charge in [-0.15, -0.1) is 0 Å². The van der Waals surface area contributed by atoms with Crippen LogP contribution in [0.15, 0.2) is 0 Å². The average Bonchev–Trinajstić information content (AvgIpc) is 2.82. The predicted octanol–water partition coefficient (Wildman–Crippen LogP) is 1.53. The van der Waals surface area contributed by atoms with Gasteiger partial charge in [0.25, 0.3) is 0 Å². The number of nitrogens with one attached hydrogen (secondary N) is 1. The molecule has 2 aliphatic rings. The summed E-state index contributed by atoms with van der Waals surface area (Å²) in [6.45, 7) is 1.01. The molecule has 2 fully saturated rings. The molecular formula is C12H22N2O. The van der Waals surface area contributed by atoms with Crippen LogP contribution in [0.4, 0.5) is 0 Å². The lowest BCUT2D eigenvalue weighted by Crippen LogP contribution is -2.49. The number of amides is 1. The van der Waals surface area contributed by atoms with E-state index in [9.17, 15) is 4.79 Å². The molecule has 1 aliphatic heterocycles. The minimum Gasteiger partial charge on any atom is -0.341 e. The van der Waals surface area contributed by atoms with E-state index in [-0.39, 0.29) is 6.04 Å². The molecule has 1 atom stereocenters. The fourth-order valence-electron chi connectivity index (χ4n) is 2.78. The van der Waals surface area contributed by atoms with Crippen LogP contribution in [0.1, 0.15) is 44.9 Å². The van der Waals surface area contributed by atoms with E-state index in [1.807, 2.05) is 11.9 Å². The van der Waals surface area contributed by atoms with E-state index in [2.05, 4.69) is 5.32 Å². The molecule has 15 heavy (non-hydrogen) atoms. The highest BCUT2D eigenvalue weighted by Gasteiger charge is 2.29. The van der Waals surface area contributed by atoms with Crippen LogP contribution >= 0.6 is 0 Å². The molecular weight excluding hydrogens is 188 g/mol. The first-order valence-electron chi connectivity index (χ1n) is 6.29. The maximum atomic E-state index is 12.1. The van der Waals surface area contributed by atoms with Gasteiger partial charge in [0.1, 0.15) is 0 Å². The smallest absolute Gasteiger partial charge is 0.239 e. The lowest BCUT2D eigenvalue weighted by atomic mass is 10.0. The molecule has 0 aromatic carbocycles. The normalized spacial score (nSPS) is 27.9. The van der Waals surface area contributed by atoms with Crippen LogP contribution in [0.2, 0.25) is 0 Å². The maximum absolute atomic E-state index is 12.1. The molecule has 1 aliphatic carbocycles. The van der Waals surface area contributed by atoms with E-state index >= 15 is 0 Å². The molecule has 1 heterocycles. The highest BCUT2D eigenvalue weighted by molar-refractivity contribution is 5.82. The van der Waals surface area contributed by atoms with Crippen molar-refractivity contribution in [3.05, 3.63) is 0 Å². The Hall–Kier alpha value is -0.570. The number of carbonyl (C=O) groups is 1. The van der Waals surface area contributed by atoms with Crippen LogP contribution in [-0.4, -0.2) is 36.5 Å². The van der Waals surface area contributed by atoms with Gasteiger partial charge in [-0.3, -0.25) is 4.79 Å². The summed E-state index contributed by atoms with van der Waals surface area (Å²) in [5.41, 5.74) is 0. The van der Waals surface area contributed by atoms with Gasteiger partial charge in [-0.1, -0.05) is 19.3 Å². The molecule has 2 rings (SSSR count). The van der Waals surface area contributed by atoms with Crippen LogP contribution in [-0.2, 0) is 4.79 Å². The van der Waals surface area contributed by atoms with Crippen LogP contribution in [0, 0.1) is 0 Å². The Kier molecular flexibility index (Phi) is 3.62. The van der Waals surface area contributed by atoms with E-state index in [0.29, 0.717) is 11.9 Å². The van der Waals surface area contributed by atoms with Gasteiger partial charge in [-0.25, -0.2) is 0 Å². The van der Waals surface area contributed by atoms with Gasteiger partial charge in [0.2, 0.25) is 5.91 Å². The van der Waals surface area contributed by atoms with Gasteiger partial charge >= 0.3 is 0 Å². The zero-order valence-electron chi connectivity index (χ0n) is 9.67. The predicted molar refractivity (Wildman–Crippen MR) is 60.7 cm³/mol. The Morgan fingerprint density at radius 3 is 2.40 bits per heavy atom. The fraction of sp³-hybridized carbons (Fsp3) is 0.917. The molecule has 3 heteroatoms. The standard InChI is InChI=1S/C12H22N2O/c1-14(10-6-2-3-7-10)12(15)11-8-4-5-9-13-11/h10-11,13H,2-9H2,1H3. The van der Waals surface area contributed by atoms with Crippen molar-refractivity contribution in [1.29, 1.82) is 0 Å². The second kappa shape index (κ2) is 4.97. The zero-order valence-corrected chi connectivity index (χ0v) is 9.67. The largest absolute Gasteiger partial charge is 0.341 e. The molecule has 0 spiro atoms. The lowest BCUT2D eigenvalue weighted by molar-refractivity contribution is -0.134. The molecule has 1 saturated heterocycles. The number of hydrogen-bond donors (Lipinski definition) is 1. The maximum Gasteiger partial charge on any atom is 0.239 e. The summed E-state index contributed by atoms with van der Waals surface area (Å²) in [5, 5.41) is 3.33. The summed E-state index contributed by atoms with van der Waals surface area (Å²) in [4.78, 5) is 14.1. The van der Waals surface area contributed by atoms with Gasteiger partial charge in [-0.2, -0.15) is 0 Å². The van der Waals surface area contributed by atoms with E-state index < -0.39 is 0 Å². The molecule has 1 amide bonds. The third-order valence-corrected chi connectivity index (χ3v) is 3.83. The topological polar surface area (TPSA) is 32.3 Å². The van der Waals surface area contributed by atoms with Crippen LogP contribution < -0.4 is 5.32 Å². The Morgan fingerprint density at radius 2 is 1.80 bits per heavy atom. The summed E-state index contributed by atoms with van der Waals surface area (Å²) in [6, 6.07) is 0.616. The summed E-state index contributed by atoms with van der Waals surface area (Å²) < 4.78 is 0. The van der Waals surface area contributed by atoms with Crippen LogP contribution in [0.25, 0.3) is 0 Å². The number of nitrogens with zero attached hydrogens (tertiary/aromatic N) is 1. The third kappa shape index (κ3) is 2.51. The van der Waals surface area contributed by atoms with Crippen molar-refractivity contribution >= 4 is 5.91 Å². The van der Waals surface area contributed by atoms with Crippen LogP contribution in [0.5, 0.6) is 0 Å². The Bertz CT molecular complexity index is 218. The number of hydrogen-bond acceptors (Lipinski definition) is 2. The van der Waals surface area contributed by atoms with Crippen molar-refractivity contribution in [2.75, 3.05) is 13.6 Å². The summed E-state index contributed by atoms with van der Waals surface area (Å²) in [5.74, 6) is 0.321. The van der Waals surface area contributed by atoms with Crippen molar-refractivity contribution in [2.24, 2.45) is 0 Å². The molecule has 1 unspecified atom stereocenters. The number of piperidine rings is 1. The van der Waals surface area contributed by atoms with Crippen molar-refractivity contribution in [2.45, 2.75) is 57.0 Å². The molecule has 86 valence electrons. The molecule has 0 bridgehead atoms. The number of carbonyl (C=O) groups excluding carboxylic acids is 1. The Labute approximate surface area is 92.2 Å². The minimum absolute atomic E-state index is 0.101. The van der Waals surface area contributed by atoms with E-state index in [0.717, 1.165) is 13.0 Å². The van der Waals surface area contributed by atoms with Gasteiger partial charge in [-0.05, 0) is 32.2 Å². The van der Waals surface area contributed by atoms with Crippen LogP contribution in [0.3, 0.4) is 0 Å². The second-order valence-corrected chi connectivity index (χ2v) is 4.89. The molecule has 0 aromatic rings. The molecule has 0 aromatic heterocycles. The van der Waals surface area contributed by atoms with Gasteiger partial charge in [0.05, 0.1) is 6.04 Å². The van der Waals surface area contributed by atoms with Crippen molar-refractivity contribution in [3.63, 3.8) is 0 Å². The average molecular weight is 210 g/mol. The number of rotatable bonds is 2. The van der Waals surface area contributed by atoms with E-state index in [1.165, 1.54) is 38.5 Å². The number of likely N-dealkylation sites (N-methyl/N-ethyl adjacent to an activating group) is 1. The first-order chi connectivity index (χ1) is 7.29. The van der Waals surface area contributed by atoms with Gasteiger partial charge in [0, 0.05) is 13.1 Å². The van der Waals surface area contributed by atoms with Gasteiger partial charge < -0.3 is 10.2 Å². The zero-order chi connectivity index (χ0) is 10.7. The van der Waals surface area contributed by atoms with Gasteiger partial charge in [0.15, 0.2) is 0 Å². The molecule has 3 nitrogen and oxygen atoms in total.